The van der Waals surface area contributed by atoms with E-state index in [2.05, 4.69) is 34.5 Å². The average molecular weight is 260 g/mol. The molecule has 1 fully saturated rings. The number of fused-ring (bicyclic) bond motifs is 1. The number of nitrogens with zero attached hydrogens (tertiary/aromatic N) is 1. The van der Waals surface area contributed by atoms with Crippen LogP contribution < -0.4 is 5.32 Å². The van der Waals surface area contributed by atoms with E-state index in [1.54, 1.807) is 0 Å². The lowest BCUT2D eigenvalue weighted by Crippen LogP contribution is -2.49. The summed E-state index contributed by atoms with van der Waals surface area (Å²) in [5, 5.41) is 14.0. The van der Waals surface area contributed by atoms with Gasteiger partial charge in [-0.15, -0.1) is 0 Å². The molecule has 0 radical (unpaired) electrons. The molecule has 2 aliphatic heterocycles. The van der Waals surface area contributed by atoms with E-state index >= 15 is 0 Å². The molecule has 1 aromatic rings. The molecule has 3 rings (SSSR count). The van der Waals surface area contributed by atoms with Crippen LogP contribution in [0.1, 0.15) is 30.4 Å². The van der Waals surface area contributed by atoms with Crippen molar-refractivity contribution in [1.29, 1.82) is 0 Å². The number of aliphatic hydroxyl groups is 1. The molecule has 3 heteroatoms. The molecular formula is C16H24N2O. The highest BCUT2D eigenvalue weighted by Gasteiger charge is 2.31. The molecule has 3 nitrogen and oxygen atoms in total. The van der Waals surface area contributed by atoms with Crippen molar-refractivity contribution in [2.24, 2.45) is 0 Å². The highest BCUT2D eigenvalue weighted by molar-refractivity contribution is 5.28. The lowest BCUT2D eigenvalue weighted by atomic mass is 9.91. The number of piperidine rings is 1. The summed E-state index contributed by atoms with van der Waals surface area (Å²) >= 11 is 0. The molecule has 2 heterocycles. The quantitative estimate of drug-likeness (QED) is 0.847. The van der Waals surface area contributed by atoms with Crippen molar-refractivity contribution in [3.63, 3.8) is 0 Å². The first kappa shape index (κ1) is 13.1. The van der Waals surface area contributed by atoms with Gasteiger partial charge >= 0.3 is 0 Å². The van der Waals surface area contributed by atoms with Gasteiger partial charge in [-0.1, -0.05) is 24.3 Å². The Hall–Kier alpha value is -0.900. The van der Waals surface area contributed by atoms with Crippen LogP contribution in [-0.4, -0.2) is 41.8 Å². The Bertz CT molecular complexity index is 427. The molecule has 2 aliphatic rings. The van der Waals surface area contributed by atoms with Gasteiger partial charge in [-0.25, -0.2) is 0 Å². The molecule has 1 aromatic carbocycles. The zero-order valence-corrected chi connectivity index (χ0v) is 11.6. The third-order valence-electron chi connectivity index (χ3n) is 4.48. The Morgan fingerprint density at radius 3 is 2.68 bits per heavy atom. The molecule has 0 bridgehead atoms. The highest BCUT2D eigenvalue weighted by atomic mass is 16.3. The molecule has 19 heavy (non-hydrogen) atoms. The molecule has 0 unspecified atom stereocenters. The van der Waals surface area contributed by atoms with Gasteiger partial charge in [-0.3, -0.25) is 4.90 Å². The van der Waals surface area contributed by atoms with Crippen molar-refractivity contribution in [2.45, 2.75) is 37.8 Å². The van der Waals surface area contributed by atoms with Gasteiger partial charge in [0.25, 0.3) is 0 Å². The fraction of sp³-hybridized carbons (Fsp3) is 0.625. The van der Waals surface area contributed by atoms with Crippen molar-refractivity contribution in [3.05, 3.63) is 35.4 Å². The van der Waals surface area contributed by atoms with Gasteiger partial charge < -0.3 is 10.4 Å². The normalized spacial score (nSPS) is 23.6. The molecular weight excluding hydrogens is 236 g/mol. The largest absolute Gasteiger partial charge is 0.388 e. The first-order valence-corrected chi connectivity index (χ1v) is 7.47. The van der Waals surface area contributed by atoms with Crippen molar-refractivity contribution >= 4 is 0 Å². The van der Waals surface area contributed by atoms with Gasteiger partial charge in [-0.2, -0.15) is 0 Å². The molecule has 104 valence electrons. The summed E-state index contributed by atoms with van der Waals surface area (Å²) in [6.07, 6.45) is 4.13. The van der Waals surface area contributed by atoms with Gasteiger partial charge in [0.2, 0.25) is 0 Å². The van der Waals surface area contributed by atoms with Crippen molar-refractivity contribution in [3.8, 4) is 0 Å². The monoisotopic (exact) mass is 260 g/mol. The van der Waals surface area contributed by atoms with Crippen LogP contribution >= 0.6 is 0 Å². The molecule has 0 spiro atoms. The predicted octanol–water partition coefficient (Wildman–Crippen LogP) is 1.55. The minimum Gasteiger partial charge on any atom is -0.388 e. The number of hydrogen-bond acceptors (Lipinski definition) is 3. The Labute approximate surface area is 115 Å². The molecule has 0 aliphatic carbocycles. The van der Waals surface area contributed by atoms with Gasteiger partial charge in [0.15, 0.2) is 0 Å². The maximum absolute atomic E-state index is 10.7. The Kier molecular flexibility index (Phi) is 3.87. The van der Waals surface area contributed by atoms with Crippen LogP contribution in [0.5, 0.6) is 0 Å². The lowest BCUT2D eigenvalue weighted by Gasteiger charge is -2.37. The lowest BCUT2D eigenvalue weighted by molar-refractivity contribution is -0.0224. The number of nitrogens with one attached hydrogen (secondary N) is 1. The van der Waals surface area contributed by atoms with Crippen LogP contribution in [0.3, 0.4) is 0 Å². The minimum atomic E-state index is -0.482. The maximum atomic E-state index is 10.7. The van der Waals surface area contributed by atoms with Gasteiger partial charge in [-0.05, 0) is 56.4 Å². The van der Waals surface area contributed by atoms with E-state index in [4.69, 9.17) is 0 Å². The summed E-state index contributed by atoms with van der Waals surface area (Å²) in [5.74, 6) is 0. The number of rotatable bonds is 2. The van der Waals surface area contributed by atoms with Gasteiger partial charge in [0.1, 0.15) is 0 Å². The van der Waals surface area contributed by atoms with Crippen molar-refractivity contribution in [1.82, 2.24) is 10.2 Å². The smallest absolute Gasteiger partial charge is 0.0798 e. The summed E-state index contributed by atoms with van der Waals surface area (Å²) in [6, 6.07) is 8.74. The second kappa shape index (κ2) is 5.61. The Balaban J connectivity index is 1.69. The summed E-state index contributed by atoms with van der Waals surface area (Å²) in [7, 11) is 0. The zero-order chi connectivity index (χ0) is 13.1. The summed E-state index contributed by atoms with van der Waals surface area (Å²) < 4.78 is 0. The number of benzene rings is 1. The van der Waals surface area contributed by atoms with Crippen molar-refractivity contribution < 1.29 is 5.11 Å². The van der Waals surface area contributed by atoms with Crippen LogP contribution in [0.4, 0.5) is 0 Å². The van der Waals surface area contributed by atoms with E-state index in [1.165, 1.54) is 24.0 Å². The van der Waals surface area contributed by atoms with Crippen LogP contribution in [0, 0.1) is 0 Å². The van der Waals surface area contributed by atoms with Crippen molar-refractivity contribution in [2.75, 3.05) is 26.2 Å². The van der Waals surface area contributed by atoms with Gasteiger partial charge in [0, 0.05) is 13.1 Å². The van der Waals surface area contributed by atoms with E-state index in [9.17, 15) is 5.11 Å². The third-order valence-corrected chi connectivity index (χ3v) is 4.48. The van der Waals surface area contributed by atoms with E-state index in [1.807, 2.05) is 0 Å². The van der Waals surface area contributed by atoms with E-state index in [-0.39, 0.29) is 0 Å². The summed E-state index contributed by atoms with van der Waals surface area (Å²) in [6.45, 7) is 4.81. The van der Waals surface area contributed by atoms with Crippen LogP contribution in [0.2, 0.25) is 0 Å². The Morgan fingerprint density at radius 2 is 1.89 bits per heavy atom. The first-order chi connectivity index (χ1) is 9.25. The SMILES string of the molecule is OC1(CN2CCCc3ccccc3C2)CCNCC1. The van der Waals surface area contributed by atoms with E-state index in [0.29, 0.717) is 0 Å². The molecule has 1 saturated heterocycles. The fourth-order valence-corrected chi connectivity index (χ4v) is 3.37. The topological polar surface area (TPSA) is 35.5 Å². The van der Waals surface area contributed by atoms with Crippen LogP contribution in [0.15, 0.2) is 24.3 Å². The molecule has 0 saturated carbocycles. The third kappa shape index (κ3) is 3.16. The molecule has 0 aromatic heterocycles. The first-order valence-electron chi connectivity index (χ1n) is 7.47. The molecule has 0 amide bonds. The Morgan fingerprint density at radius 1 is 1.16 bits per heavy atom. The maximum Gasteiger partial charge on any atom is 0.0798 e. The second-order valence-corrected chi connectivity index (χ2v) is 6.06. The molecule has 2 N–H and O–H groups in total. The van der Waals surface area contributed by atoms with E-state index < -0.39 is 5.60 Å². The van der Waals surface area contributed by atoms with Crippen LogP contribution in [0.25, 0.3) is 0 Å². The summed E-state index contributed by atoms with van der Waals surface area (Å²) in [4.78, 5) is 2.44. The van der Waals surface area contributed by atoms with Crippen LogP contribution in [-0.2, 0) is 13.0 Å². The molecule has 0 atom stereocenters. The predicted molar refractivity (Wildman–Crippen MR) is 77.1 cm³/mol. The summed E-state index contributed by atoms with van der Waals surface area (Å²) in [5.41, 5.74) is 2.45. The van der Waals surface area contributed by atoms with E-state index in [0.717, 1.165) is 45.6 Å². The fourth-order valence-electron chi connectivity index (χ4n) is 3.37. The second-order valence-electron chi connectivity index (χ2n) is 6.06. The number of aryl methyl sites for hydroxylation is 1. The number of hydrogen-bond donors (Lipinski definition) is 2. The highest BCUT2D eigenvalue weighted by Crippen LogP contribution is 2.24. The van der Waals surface area contributed by atoms with Gasteiger partial charge in [0.05, 0.1) is 5.60 Å². The number of β-amino-alcohol motifs (C(OH)–C–C–N with tert-alkyl or cyclic N) is 1. The average Bonchev–Trinajstić information content (AvgIpc) is 2.60. The minimum absolute atomic E-state index is 0.482. The standard InChI is InChI=1S/C16H24N2O/c19-16(7-9-17-10-8-16)13-18-11-3-6-14-4-1-2-5-15(14)12-18/h1-2,4-5,17,19H,3,6-13H2. The zero-order valence-electron chi connectivity index (χ0n) is 11.6.